The number of nitrogens with one attached hydrogen (secondary N) is 2. The minimum atomic E-state index is -0.496. The summed E-state index contributed by atoms with van der Waals surface area (Å²) in [7, 11) is 0. The second-order valence-electron chi connectivity index (χ2n) is 5.94. The van der Waals surface area contributed by atoms with Crippen molar-refractivity contribution in [2.24, 2.45) is 0 Å². The Kier molecular flexibility index (Phi) is 5.32. The summed E-state index contributed by atoms with van der Waals surface area (Å²) in [6.07, 6.45) is 1.17. The van der Waals surface area contributed by atoms with Gasteiger partial charge in [0.05, 0.1) is 11.4 Å². The highest BCUT2D eigenvalue weighted by molar-refractivity contribution is 6.30. The Morgan fingerprint density at radius 3 is 2.62 bits per heavy atom. The first kappa shape index (κ1) is 18.1. The molecule has 1 saturated heterocycles. The lowest BCUT2D eigenvalue weighted by Crippen LogP contribution is -2.49. The first-order valence-electron chi connectivity index (χ1n) is 8.09. The van der Waals surface area contributed by atoms with Crippen molar-refractivity contribution in [1.29, 1.82) is 10.8 Å². The number of rotatable bonds is 4. The van der Waals surface area contributed by atoms with Crippen molar-refractivity contribution in [1.82, 2.24) is 14.7 Å². The van der Waals surface area contributed by atoms with Crippen LogP contribution in [0.15, 0.2) is 30.3 Å². The second kappa shape index (κ2) is 7.65. The molecule has 3 rings (SSSR count). The lowest BCUT2D eigenvalue weighted by molar-refractivity contribution is -0.130. The molecule has 1 aliphatic heterocycles. The standard InChI is InChI=1S/C17H18ClFN6O/c18-13-9-12(1-2-14(13)19)10-17(26)24-7-5-23(6-8-24)16-4-3-15(21)25(11-20)22-16/h1-4,9,11,20-21H,5-8,10H2. The monoisotopic (exact) mass is 376 g/mol. The van der Waals surface area contributed by atoms with E-state index in [0.717, 1.165) is 6.34 Å². The largest absolute Gasteiger partial charge is 0.352 e. The van der Waals surface area contributed by atoms with Crippen LogP contribution in [-0.2, 0) is 11.2 Å². The Morgan fingerprint density at radius 1 is 1.23 bits per heavy atom. The number of hydrogen-bond donors (Lipinski definition) is 2. The minimum Gasteiger partial charge on any atom is -0.352 e. The smallest absolute Gasteiger partial charge is 0.227 e. The van der Waals surface area contributed by atoms with Crippen LogP contribution in [0.4, 0.5) is 10.2 Å². The van der Waals surface area contributed by atoms with E-state index in [2.05, 4.69) is 5.10 Å². The Bertz CT molecular complexity index is 891. The molecule has 1 aliphatic rings. The normalized spacial score (nSPS) is 14.4. The SMILES string of the molecule is N=Cn1nc(N2CCN(C(=O)Cc3ccc(F)c(Cl)c3)CC2)ccc1=N. The van der Waals surface area contributed by atoms with Gasteiger partial charge in [0, 0.05) is 26.2 Å². The molecule has 0 spiro atoms. The topological polar surface area (TPSA) is 89.1 Å². The van der Waals surface area contributed by atoms with Crippen LogP contribution >= 0.6 is 11.6 Å². The van der Waals surface area contributed by atoms with Crippen LogP contribution in [0, 0.1) is 16.6 Å². The molecule has 7 nitrogen and oxygen atoms in total. The van der Waals surface area contributed by atoms with Gasteiger partial charge in [-0.2, -0.15) is 0 Å². The molecule has 0 radical (unpaired) electrons. The van der Waals surface area contributed by atoms with Gasteiger partial charge < -0.3 is 9.80 Å². The van der Waals surface area contributed by atoms with E-state index in [0.29, 0.717) is 37.6 Å². The molecule has 2 aromatic rings. The zero-order valence-corrected chi connectivity index (χ0v) is 14.7. The summed E-state index contributed by atoms with van der Waals surface area (Å²) >= 11 is 5.76. The van der Waals surface area contributed by atoms with Crippen LogP contribution in [0.2, 0.25) is 5.02 Å². The van der Waals surface area contributed by atoms with Gasteiger partial charge in [-0.15, -0.1) is 5.10 Å². The number of amides is 1. The predicted molar refractivity (Wildman–Crippen MR) is 96.2 cm³/mol. The third-order valence-corrected chi connectivity index (χ3v) is 4.55. The number of halogens is 2. The first-order chi connectivity index (χ1) is 12.5. The van der Waals surface area contributed by atoms with Crippen molar-refractivity contribution in [3.63, 3.8) is 0 Å². The van der Waals surface area contributed by atoms with Crippen LogP contribution in [0.3, 0.4) is 0 Å². The quantitative estimate of drug-likeness (QED) is 0.626. The Labute approximate surface area is 154 Å². The number of carbonyl (C=O) groups excluding carboxylic acids is 1. The fourth-order valence-corrected chi connectivity index (χ4v) is 3.02. The van der Waals surface area contributed by atoms with E-state index in [1.807, 2.05) is 4.90 Å². The maximum absolute atomic E-state index is 13.2. The maximum atomic E-state index is 13.2. The van der Waals surface area contributed by atoms with Gasteiger partial charge in [0.2, 0.25) is 5.91 Å². The molecule has 1 aromatic heterocycles. The van der Waals surface area contributed by atoms with Crippen LogP contribution in [0.1, 0.15) is 5.56 Å². The lowest BCUT2D eigenvalue weighted by atomic mass is 10.1. The molecule has 0 atom stereocenters. The van der Waals surface area contributed by atoms with Crippen LogP contribution < -0.4 is 10.4 Å². The highest BCUT2D eigenvalue weighted by Crippen LogP contribution is 2.18. The summed E-state index contributed by atoms with van der Waals surface area (Å²) in [6.45, 7) is 2.31. The van der Waals surface area contributed by atoms with E-state index in [9.17, 15) is 9.18 Å². The zero-order valence-electron chi connectivity index (χ0n) is 14.0. The minimum absolute atomic E-state index is 0.0172. The van der Waals surface area contributed by atoms with E-state index in [-0.39, 0.29) is 22.8 Å². The van der Waals surface area contributed by atoms with Crippen molar-refractivity contribution in [3.8, 4) is 0 Å². The highest BCUT2D eigenvalue weighted by Gasteiger charge is 2.22. The number of nitrogens with zero attached hydrogens (tertiary/aromatic N) is 4. The summed E-state index contributed by atoms with van der Waals surface area (Å²) < 4.78 is 14.4. The van der Waals surface area contributed by atoms with E-state index >= 15 is 0 Å². The second-order valence-corrected chi connectivity index (χ2v) is 6.35. The van der Waals surface area contributed by atoms with Crippen molar-refractivity contribution in [2.75, 3.05) is 31.1 Å². The molecule has 0 saturated carbocycles. The molecule has 1 aromatic carbocycles. The van der Waals surface area contributed by atoms with Crippen LogP contribution in [0.5, 0.6) is 0 Å². The molecule has 0 bridgehead atoms. The number of hydrogen-bond acceptors (Lipinski definition) is 5. The summed E-state index contributed by atoms with van der Waals surface area (Å²) in [5, 5.41) is 19.2. The molecular weight excluding hydrogens is 359 g/mol. The van der Waals surface area contributed by atoms with Gasteiger partial charge in [-0.1, -0.05) is 17.7 Å². The van der Waals surface area contributed by atoms with Crippen molar-refractivity contribution in [3.05, 3.63) is 52.2 Å². The van der Waals surface area contributed by atoms with Gasteiger partial charge in [0.25, 0.3) is 0 Å². The van der Waals surface area contributed by atoms with Crippen molar-refractivity contribution >= 4 is 29.7 Å². The molecule has 26 heavy (non-hydrogen) atoms. The predicted octanol–water partition coefficient (Wildman–Crippen LogP) is 1.50. The molecule has 0 unspecified atom stereocenters. The van der Waals surface area contributed by atoms with E-state index in [1.165, 1.54) is 16.8 Å². The van der Waals surface area contributed by atoms with Gasteiger partial charge in [-0.05, 0) is 29.8 Å². The lowest BCUT2D eigenvalue weighted by Gasteiger charge is -2.35. The van der Waals surface area contributed by atoms with Crippen LogP contribution in [0.25, 0.3) is 0 Å². The van der Waals surface area contributed by atoms with Crippen molar-refractivity contribution < 1.29 is 9.18 Å². The van der Waals surface area contributed by atoms with Gasteiger partial charge in [0.1, 0.15) is 23.5 Å². The average molecular weight is 377 g/mol. The molecule has 2 heterocycles. The number of aromatic nitrogens is 2. The maximum Gasteiger partial charge on any atom is 0.227 e. The first-order valence-corrected chi connectivity index (χ1v) is 8.47. The molecule has 2 N–H and O–H groups in total. The summed E-state index contributed by atoms with van der Waals surface area (Å²) in [6, 6.07) is 7.64. The number of carbonyl (C=O) groups is 1. The zero-order chi connectivity index (χ0) is 18.7. The summed E-state index contributed by atoms with van der Waals surface area (Å²) in [5.74, 6) is 0.142. The average Bonchev–Trinajstić information content (AvgIpc) is 2.65. The summed E-state index contributed by atoms with van der Waals surface area (Å²) in [4.78, 5) is 16.2. The number of piperazine rings is 1. The molecular formula is C17H18ClFN6O. The summed E-state index contributed by atoms with van der Waals surface area (Å²) in [5.41, 5.74) is 0.819. The van der Waals surface area contributed by atoms with Crippen LogP contribution in [-0.4, -0.2) is 53.1 Å². The van der Waals surface area contributed by atoms with Crippen molar-refractivity contribution in [2.45, 2.75) is 6.42 Å². The van der Waals surface area contributed by atoms with E-state index in [1.54, 1.807) is 23.1 Å². The van der Waals surface area contributed by atoms with Gasteiger partial charge >= 0.3 is 0 Å². The third-order valence-electron chi connectivity index (χ3n) is 4.27. The van der Waals surface area contributed by atoms with Gasteiger partial charge in [0.15, 0.2) is 0 Å². The molecule has 1 amide bonds. The molecule has 136 valence electrons. The highest BCUT2D eigenvalue weighted by atomic mass is 35.5. The van der Waals surface area contributed by atoms with E-state index < -0.39 is 5.82 Å². The number of anilines is 1. The number of benzene rings is 1. The molecule has 0 aliphatic carbocycles. The third kappa shape index (κ3) is 3.91. The Hall–Kier alpha value is -2.74. The van der Waals surface area contributed by atoms with Gasteiger partial charge in [-0.25, -0.2) is 9.07 Å². The Morgan fingerprint density at radius 2 is 1.96 bits per heavy atom. The van der Waals surface area contributed by atoms with E-state index in [4.69, 9.17) is 22.4 Å². The molecule has 1 fully saturated rings. The molecule has 9 heteroatoms. The fourth-order valence-electron chi connectivity index (χ4n) is 2.82. The van der Waals surface area contributed by atoms with Gasteiger partial charge in [-0.3, -0.25) is 15.6 Å². The fraction of sp³-hybridized carbons (Fsp3) is 0.294. The Balaban J connectivity index is 1.61.